The van der Waals surface area contributed by atoms with E-state index in [1.165, 1.54) is 36.7 Å². The van der Waals surface area contributed by atoms with Gasteiger partial charge in [-0.05, 0) is 0 Å². The molecule has 0 N–H and O–H groups in total. The Hall–Kier alpha value is -2.07. The number of carbonyl (C=O) groups is 1. The second kappa shape index (κ2) is 8.82. The van der Waals surface area contributed by atoms with Gasteiger partial charge in [0.1, 0.15) is 0 Å². The first-order chi connectivity index (χ1) is 14.8. The Morgan fingerprint density at radius 3 is 2.19 bits per heavy atom. The third-order valence-electron chi connectivity index (χ3n) is 6.88. The van der Waals surface area contributed by atoms with Crippen LogP contribution in [0.25, 0.3) is 11.1 Å². The molecular weight excluding hydrogens is 491 g/mol. The van der Waals surface area contributed by atoms with Crippen LogP contribution < -0.4 is 0 Å². The number of aryl methyl sites for hydroxylation is 2. The van der Waals surface area contributed by atoms with Crippen LogP contribution >= 0.6 is 18.0 Å². The summed E-state index contributed by atoms with van der Waals surface area (Å²) in [5, 5.41) is 0. The average Bonchev–Trinajstić information content (AvgIpc) is 2.77. The van der Waals surface area contributed by atoms with E-state index in [1.807, 2.05) is 24.3 Å². The van der Waals surface area contributed by atoms with E-state index in [-0.39, 0.29) is 5.41 Å². The topological polar surface area (TPSA) is 17.1 Å². The molecule has 3 aromatic carbocycles. The number of ketones is 1. The molecule has 0 saturated carbocycles. The van der Waals surface area contributed by atoms with Crippen LogP contribution in [0.15, 0.2) is 72.8 Å². The van der Waals surface area contributed by atoms with E-state index >= 15 is 0 Å². The maximum absolute atomic E-state index is 12.9. The molecule has 0 aromatic heterocycles. The van der Waals surface area contributed by atoms with Gasteiger partial charge in [0.15, 0.2) is 0 Å². The second-order valence-corrected chi connectivity index (χ2v) is 18.8. The number of halogens is 1. The molecule has 0 radical (unpaired) electrons. The molecule has 0 amide bonds. The van der Waals surface area contributed by atoms with Crippen LogP contribution in [0.1, 0.15) is 46.8 Å². The van der Waals surface area contributed by atoms with Gasteiger partial charge in [0.25, 0.3) is 0 Å². The Kier molecular flexibility index (Phi) is 6.30. The van der Waals surface area contributed by atoms with Crippen molar-refractivity contribution in [2.45, 2.75) is 39.0 Å². The van der Waals surface area contributed by atoms with Gasteiger partial charge in [0.05, 0.1) is 0 Å². The van der Waals surface area contributed by atoms with Crippen molar-refractivity contribution < 1.29 is 4.79 Å². The van der Waals surface area contributed by atoms with Crippen LogP contribution in [0.5, 0.6) is 0 Å². The quantitative estimate of drug-likeness (QED) is 0.193. The Labute approximate surface area is 190 Å². The third-order valence-corrected chi connectivity index (χ3v) is 14.8. The van der Waals surface area contributed by atoms with Gasteiger partial charge in [-0.25, -0.2) is 0 Å². The van der Waals surface area contributed by atoms with E-state index in [2.05, 4.69) is 69.3 Å². The van der Waals surface area contributed by atoms with Crippen molar-refractivity contribution >= 4 is 28.3 Å². The van der Waals surface area contributed by atoms with E-state index in [0.29, 0.717) is 5.78 Å². The summed E-state index contributed by atoms with van der Waals surface area (Å²) in [6.45, 7) is 6.69. The van der Waals surface area contributed by atoms with E-state index in [1.54, 1.807) is 0 Å². The zero-order chi connectivity index (χ0) is 22.1. The molecule has 3 aromatic rings. The number of alkyl halides is 3. The van der Waals surface area contributed by atoms with Crippen molar-refractivity contribution in [1.29, 1.82) is 0 Å². The minimum absolute atomic E-state index is 0.192. The number of carbonyl (C=O) groups excluding carboxylic acids is 1. The summed E-state index contributed by atoms with van der Waals surface area (Å²) in [4.78, 5) is 12.9. The number of hydrogen-bond acceptors (Lipinski definition) is 1. The maximum atomic E-state index is 12.9. The molecular formula is C29H33IO. The predicted molar refractivity (Wildman–Crippen MR) is 144 cm³/mol. The van der Waals surface area contributed by atoms with Crippen molar-refractivity contribution in [1.82, 2.24) is 0 Å². The summed E-state index contributed by atoms with van der Waals surface area (Å²) in [6.07, 6.45) is 2.30. The molecule has 2 heteroatoms. The van der Waals surface area contributed by atoms with Crippen molar-refractivity contribution in [3.05, 3.63) is 95.1 Å². The number of rotatable bonds is 5. The molecule has 0 bridgehead atoms. The van der Waals surface area contributed by atoms with E-state index in [0.717, 1.165) is 22.8 Å². The summed E-state index contributed by atoms with van der Waals surface area (Å²) in [6, 6.07) is 25.7. The van der Waals surface area contributed by atoms with Gasteiger partial charge < -0.3 is 0 Å². The fourth-order valence-electron chi connectivity index (χ4n) is 4.51. The molecule has 1 heterocycles. The molecule has 1 aliphatic heterocycles. The number of hydrogen-bond donors (Lipinski definition) is 0. The summed E-state index contributed by atoms with van der Waals surface area (Å²) < 4.78 is 7.75. The summed E-state index contributed by atoms with van der Waals surface area (Å²) in [5.41, 5.74) is 7.63. The standard InChI is InChI=1S/C29H33IO/c1-22-10-12-25(13-11-22)28(31)21-30(4)18-16-29(3,17-19-30)26-14-15-27(23(2)20-26)24-8-6-5-7-9-24/h5-15,20H,4,16-19,21H2,1-3H3. The van der Waals surface area contributed by atoms with Crippen LogP contribution in [0.3, 0.4) is 0 Å². The van der Waals surface area contributed by atoms with E-state index in [4.69, 9.17) is 4.51 Å². The van der Waals surface area contributed by atoms with Gasteiger partial charge in [-0.2, -0.15) is 0 Å². The zero-order valence-corrected chi connectivity index (χ0v) is 21.1. The van der Waals surface area contributed by atoms with E-state index < -0.39 is 18.0 Å². The molecule has 0 aliphatic carbocycles. The number of benzene rings is 3. The Bertz CT molecular complexity index is 1110. The first-order valence-corrected chi connectivity index (χ1v) is 17.2. The fraction of sp³-hybridized carbons (Fsp3) is 0.310. The summed E-state index contributed by atoms with van der Waals surface area (Å²) in [7, 11) is 0. The van der Waals surface area contributed by atoms with Crippen molar-refractivity contribution in [3.8, 4) is 11.1 Å². The van der Waals surface area contributed by atoms with Gasteiger partial charge in [0, 0.05) is 0 Å². The molecule has 162 valence electrons. The first kappa shape index (κ1) is 22.1. The third kappa shape index (κ3) is 4.90. The van der Waals surface area contributed by atoms with Crippen LogP contribution in [-0.2, 0) is 5.41 Å². The summed E-state index contributed by atoms with van der Waals surface area (Å²) >= 11 is -2.28. The van der Waals surface area contributed by atoms with Crippen LogP contribution in [0, 0.1) is 13.8 Å². The first-order valence-electron chi connectivity index (χ1n) is 11.1. The van der Waals surface area contributed by atoms with Crippen LogP contribution in [-0.4, -0.2) is 23.6 Å². The molecule has 1 nitrogen and oxygen atoms in total. The van der Waals surface area contributed by atoms with Crippen molar-refractivity contribution in [2.75, 3.05) is 13.3 Å². The molecule has 4 rings (SSSR count). The van der Waals surface area contributed by atoms with Crippen molar-refractivity contribution in [3.63, 3.8) is 0 Å². The molecule has 31 heavy (non-hydrogen) atoms. The van der Waals surface area contributed by atoms with Gasteiger partial charge in [-0.3, -0.25) is 0 Å². The SMILES string of the molecule is C=I1(CC(=O)c2ccc(C)cc2)CCC(C)(c2ccc(-c3ccccc3)c(C)c2)CC1. The predicted octanol–water partition coefficient (Wildman–Crippen LogP) is 7.38. The molecule has 0 spiro atoms. The monoisotopic (exact) mass is 524 g/mol. The van der Waals surface area contributed by atoms with Gasteiger partial charge in [0.2, 0.25) is 0 Å². The molecule has 0 unspecified atom stereocenters. The zero-order valence-electron chi connectivity index (χ0n) is 19.0. The van der Waals surface area contributed by atoms with Crippen LogP contribution in [0.2, 0.25) is 0 Å². The van der Waals surface area contributed by atoms with Gasteiger partial charge in [-0.15, -0.1) is 0 Å². The average molecular weight is 524 g/mol. The minimum atomic E-state index is -2.28. The Morgan fingerprint density at radius 1 is 0.935 bits per heavy atom. The normalized spacial score (nSPS) is 25.5. The molecule has 0 atom stereocenters. The second-order valence-electron chi connectivity index (χ2n) is 9.39. The van der Waals surface area contributed by atoms with Crippen molar-refractivity contribution in [2.24, 2.45) is 0 Å². The molecule has 1 aliphatic rings. The molecule has 1 saturated heterocycles. The molecule has 1 fully saturated rings. The van der Waals surface area contributed by atoms with Gasteiger partial charge in [-0.1, -0.05) is 0 Å². The Balaban J connectivity index is 1.47. The van der Waals surface area contributed by atoms with E-state index in [9.17, 15) is 4.79 Å². The van der Waals surface area contributed by atoms with Gasteiger partial charge >= 0.3 is 192 Å². The van der Waals surface area contributed by atoms with Crippen LogP contribution in [0.4, 0.5) is 0 Å². The Morgan fingerprint density at radius 2 is 1.58 bits per heavy atom. The fourth-order valence-corrected chi connectivity index (χ4v) is 12.4. The number of Topliss-reactive ketones (excluding diaryl/α,β-unsaturated/α-hetero) is 1. The summed E-state index contributed by atoms with van der Waals surface area (Å²) in [5.74, 6) is 0.304.